The van der Waals surface area contributed by atoms with Crippen LogP contribution in [-0.2, 0) is 18.9 Å². The minimum absolute atomic E-state index is 0.0511. The number of pyridine rings is 2. The van der Waals surface area contributed by atoms with E-state index < -0.39 is 23.9 Å². The summed E-state index contributed by atoms with van der Waals surface area (Å²) in [6.45, 7) is 0. The highest BCUT2D eigenvalue weighted by molar-refractivity contribution is 6.08. The Bertz CT molecular complexity index is 1370. The monoisotopic (exact) mass is 466 g/mol. The lowest BCUT2D eigenvalue weighted by atomic mass is 10.0. The van der Waals surface area contributed by atoms with Crippen molar-refractivity contribution in [2.75, 3.05) is 28.4 Å². The van der Waals surface area contributed by atoms with Gasteiger partial charge in [-0.25, -0.2) is 28.2 Å². The van der Waals surface area contributed by atoms with Gasteiger partial charge in [0, 0.05) is 12.4 Å². The van der Waals surface area contributed by atoms with E-state index in [1.54, 1.807) is 36.7 Å². The van der Waals surface area contributed by atoms with Crippen LogP contribution in [0, 0.1) is 0 Å². The Morgan fingerprint density at radius 3 is 1.29 bits per heavy atom. The third-order valence-electron chi connectivity index (χ3n) is 5.14. The van der Waals surface area contributed by atoms with Crippen LogP contribution in [0.2, 0.25) is 0 Å². The maximum absolute atomic E-state index is 12.4. The van der Waals surface area contributed by atoms with Crippen LogP contribution in [-0.4, -0.2) is 71.5 Å². The topological polar surface area (TPSA) is 140 Å². The van der Waals surface area contributed by atoms with Crippen molar-refractivity contribution >= 4 is 34.9 Å². The fourth-order valence-corrected chi connectivity index (χ4v) is 3.54. The third-order valence-corrected chi connectivity index (χ3v) is 5.14. The number of rotatable bonds is 5. The van der Waals surface area contributed by atoms with E-state index in [1.807, 2.05) is 0 Å². The van der Waals surface area contributed by atoms with Crippen molar-refractivity contribution in [2.45, 2.75) is 0 Å². The van der Waals surface area contributed by atoms with Gasteiger partial charge in [0.15, 0.2) is 11.4 Å². The van der Waals surface area contributed by atoms with Gasteiger partial charge in [0.05, 0.1) is 39.5 Å². The van der Waals surface area contributed by atoms with Crippen LogP contribution in [0.15, 0.2) is 36.7 Å². The maximum Gasteiger partial charge on any atom is 0.359 e. The van der Waals surface area contributed by atoms with Crippen molar-refractivity contribution in [3.8, 4) is 11.1 Å². The van der Waals surface area contributed by atoms with Crippen LogP contribution in [0.3, 0.4) is 0 Å². The quantitative estimate of drug-likeness (QED) is 0.316. The normalized spacial score (nSPS) is 10.8. The Labute approximate surface area is 191 Å². The van der Waals surface area contributed by atoms with Gasteiger partial charge in [-0.2, -0.15) is 10.2 Å². The minimum Gasteiger partial charge on any atom is -0.465 e. The third kappa shape index (κ3) is 3.50. The van der Waals surface area contributed by atoms with E-state index in [9.17, 15) is 19.2 Å². The molecule has 0 saturated carbocycles. The second-order valence-electron chi connectivity index (χ2n) is 6.90. The van der Waals surface area contributed by atoms with Gasteiger partial charge in [-0.1, -0.05) is 0 Å². The number of carbonyl (C=O) groups is 4. The van der Waals surface area contributed by atoms with Gasteiger partial charge >= 0.3 is 23.9 Å². The van der Waals surface area contributed by atoms with Crippen LogP contribution in [0.5, 0.6) is 0 Å². The summed E-state index contributed by atoms with van der Waals surface area (Å²) in [4.78, 5) is 49.1. The second-order valence-corrected chi connectivity index (χ2v) is 6.90. The average molecular weight is 466 g/mol. The summed E-state index contributed by atoms with van der Waals surface area (Å²) in [5.41, 5.74) is 1.38. The number of hydrogen-bond donors (Lipinski definition) is 0. The summed E-state index contributed by atoms with van der Waals surface area (Å²) in [6, 6.07) is 6.66. The summed E-state index contributed by atoms with van der Waals surface area (Å²) in [6.07, 6.45) is 3.12. The van der Waals surface area contributed by atoms with Crippen molar-refractivity contribution in [3.63, 3.8) is 0 Å². The summed E-state index contributed by atoms with van der Waals surface area (Å²) in [7, 11) is 4.75. The van der Waals surface area contributed by atoms with Crippen LogP contribution >= 0.6 is 0 Å². The molecule has 4 aromatic rings. The van der Waals surface area contributed by atoms with Crippen molar-refractivity contribution in [1.29, 1.82) is 0 Å². The highest BCUT2D eigenvalue weighted by Gasteiger charge is 2.28. The molecule has 0 spiro atoms. The molecule has 0 saturated heterocycles. The Morgan fingerprint density at radius 2 is 0.971 bits per heavy atom. The lowest BCUT2D eigenvalue weighted by molar-refractivity contribution is 0.0553. The molecule has 12 heteroatoms. The van der Waals surface area contributed by atoms with Gasteiger partial charge in [-0.3, -0.25) is 0 Å². The molecule has 0 radical (unpaired) electrons. The molecule has 12 nitrogen and oxygen atoms in total. The van der Waals surface area contributed by atoms with Crippen LogP contribution in [0.4, 0.5) is 0 Å². The molecule has 0 aliphatic heterocycles. The first-order chi connectivity index (χ1) is 16.3. The molecule has 4 rings (SSSR count). The number of nitrogens with zero attached hydrogens (tertiary/aromatic N) is 4. The van der Waals surface area contributed by atoms with Crippen LogP contribution in [0.25, 0.3) is 22.2 Å². The fraction of sp³-hybridized carbons (Fsp3) is 0.182. The van der Waals surface area contributed by atoms with Crippen LogP contribution in [0.1, 0.15) is 41.7 Å². The summed E-state index contributed by atoms with van der Waals surface area (Å²) in [5, 5.41) is 8.26. The number of carbonyl (C=O) groups excluding carboxylic acids is 4. The number of esters is 4. The SMILES string of the molecule is COC(=O)c1nn2ccc(-c3ccn4nc(C(=O)OC)c(C(=O)OC)c4c3)cc2c1C(=O)OC. The van der Waals surface area contributed by atoms with Crippen molar-refractivity contribution in [1.82, 2.24) is 19.2 Å². The zero-order chi connectivity index (χ0) is 24.6. The lowest BCUT2D eigenvalue weighted by Crippen LogP contribution is -2.10. The first-order valence-electron chi connectivity index (χ1n) is 9.73. The minimum atomic E-state index is -0.788. The van der Waals surface area contributed by atoms with E-state index in [-0.39, 0.29) is 22.5 Å². The van der Waals surface area contributed by atoms with E-state index in [0.29, 0.717) is 22.2 Å². The molecule has 0 N–H and O–H groups in total. The number of fused-ring (bicyclic) bond motifs is 2. The van der Waals surface area contributed by atoms with E-state index in [4.69, 9.17) is 18.9 Å². The molecule has 174 valence electrons. The first-order valence-corrected chi connectivity index (χ1v) is 9.73. The lowest BCUT2D eigenvalue weighted by Gasteiger charge is -2.05. The van der Waals surface area contributed by atoms with Crippen molar-refractivity contribution in [2.24, 2.45) is 0 Å². The maximum atomic E-state index is 12.4. The van der Waals surface area contributed by atoms with Gasteiger partial charge in [0.1, 0.15) is 11.1 Å². The second kappa shape index (κ2) is 8.65. The molecule has 4 aromatic heterocycles. The molecule has 0 aliphatic carbocycles. The standard InChI is InChI=1S/C22H18N4O8/c1-31-19(27)15-13-9-11(5-7-25(13)23-17(15)21(29)33-3)12-6-8-26-14(10-12)16(20(28)32-2)18(24-26)22(30)34-4/h5-10H,1-4H3. The number of ether oxygens (including phenoxy) is 4. The Kier molecular flexibility index (Phi) is 5.72. The van der Waals surface area contributed by atoms with Gasteiger partial charge in [-0.15, -0.1) is 0 Å². The summed E-state index contributed by atoms with van der Waals surface area (Å²) in [5.74, 6) is -3.09. The Balaban J connectivity index is 1.93. The molecular weight excluding hydrogens is 448 g/mol. The molecule has 0 aromatic carbocycles. The first kappa shape index (κ1) is 22.5. The smallest absolute Gasteiger partial charge is 0.359 e. The van der Waals surface area contributed by atoms with Gasteiger partial charge in [0.25, 0.3) is 0 Å². The molecule has 0 bridgehead atoms. The van der Waals surface area contributed by atoms with E-state index in [2.05, 4.69) is 10.2 Å². The Morgan fingerprint density at radius 1 is 0.618 bits per heavy atom. The van der Waals surface area contributed by atoms with Crippen LogP contribution < -0.4 is 0 Å². The Hall–Kier alpha value is -4.74. The summed E-state index contributed by atoms with van der Waals surface area (Å²) < 4.78 is 21.8. The molecule has 4 heterocycles. The van der Waals surface area contributed by atoms with Gasteiger partial charge < -0.3 is 18.9 Å². The molecule has 34 heavy (non-hydrogen) atoms. The van der Waals surface area contributed by atoms with E-state index in [1.165, 1.54) is 37.5 Å². The van der Waals surface area contributed by atoms with Crippen molar-refractivity contribution in [3.05, 3.63) is 59.2 Å². The predicted octanol–water partition coefficient (Wildman–Crippen LogP) is 1.80. The fourth-order valence-electron chi connectivity index (χ4n) is 3.54. The zero-order valence-corrected chi connectivity index (χ0v) is 18.5. The predicted molar refractivity (Wildman–Crippen MR) is 115 cm³/mol. The largest absolute Gasteiger partial charge is 0.465 e. The van der Waals surface area contributed by atoms with Crippen molar-refractivity contribution < 1.29 is 38.1 Å². The molecule has 0 unspecified atom stereocenters. The summed E-state index contributed by atoms with van der Waals surface area (Å²) >= 11 is 0. The highest BCUT2D eigenvalue weighted by Crippen LogP contribution is 2.28. The molecule has 0 atom stereocenters. The molecule has 0 fully saturated rings. The van der Waals surface area contributed by atoms with E-state index in [0.717, 1.165) is 0 Å². The average Bonchev–Trinajstić information content (AvgIpc) is 3.44. The number of hydrogen-bond acceptors (Lipinski definition) is 10. The van der Waals surface area contributed by atoms with Gasteiger partial charge in [-0.05, 0) is 35.4 Å². The number of aromatic nitrogens is 4. The highest BCUT2D eigenvalue weighted by atomic mass is 16.5. The molecule has 0 amide bonds. The van der Waals surface area contributed by atoms with E-state index >= 15 is 0 Å². The number of methoxy groups -OCH3 is 4. The van der Waals surface area contributed by atoms with Gasteiger partial charge in [0.2, 0.25) is 0 Å². The zero-order valence-electron chi connectivity index (χ0n) is 18.5. The molecular formula is C22H18N4O8. The molecule has 0 aliphatic rings.